The van der Waals surface area contributed by atoms with Gasteiger partial charge in [0, 0.05) is 19.2 Å². The van der Waals surface area contributed by atoms with Crippen LogP contribution in [0.2, 0.25) is 0 Å². The number of anilines is 1. The van der Waals surface area contributed by atoms with E-state index in [2.05, 4.69) is 15.3 Å². The molecule has 8 heteroatoms. The van der Waals surface area contributed by atoms with Gasteiger partial charge in [0.25, 0.3) is 0 Å². The lowest BCUT2D eigenvalue weighted by atomic mass is 10.4. The van der Waals surface area contributed by atoms with Crippen molar-refractivity contribution >= 4 is 5.82 Å². The number of hydrogen-bond donors (Lipinski definition) is 1. The number of nitrogens with zero attached hydrogens (tertiary/aromatic N) is 3. The fourth-order valence-electron chi connectivity index (χ4n) is 1.53. The number of nitrogens with one attached hydrogen (secondary N) is 1. The third kappa shape index (κ3) is 6.61. The van der Waals surface area contributed by atoms with Crippen molar-refractivity contribution in [3.63, 3.8) is 0 Å². The first-order valence-corrected chi connectivity index (χ1v) is 6.80. The summed E-state index contributed by atoms with van der Waals surface area (Å²) in [6, 6.07) is 1.39. The lowest BCUT2D eigenvalue weighted by Gasteiger charge is -2.13. The highest BCUT2D eigenvalue weighted by molar-refractivity contribution is 5.38. The predicted octanol–water partition coefficient (Wildman–Crippen LogP) is 2.65. The predicted molar refractivity (Wildman–Crippen MR) is 74.5 cm³/mol. The molecule has 0 fully saturated rings. The summed E-state index contributed by atoms with van der Waals surface area (Å²) >= 11 is 0. The molecular weight excluding hydrogens is 285 g/mol. The topological polar surface area (TPSA) is 50.3 Å². The van der Waals surface area contributed by atoms with Gasteiger partial charge in [-0.15, -0.1) is 0 Å². The fraction of sp³-hybridized carbons (Fsp3) is 0.692. The maximum atomic E-state index is 12.7. The van der Waals surface area contributed by atoms with Crippen molar-refractivity contribution in [2.24, 2.45) is 0 Å². The molecule has 0 radical (unpaired) electrons. The van der Waals surface area contributed by atoms with Gasteiger partial charge < -0.3 is 15.0 Å². The van der Waals surface area contributed by atoms with Crippen LogP contribution < -0.4 is 10.1 Å². The molecule has 1 aromatic rings. The summed E-state index contributed by atoms with van der Waals surface area (Å²) in [5.74, 6) is -1.12. The summed E-state index contributed by atoms with van der Waals surface area (Å²) in [5.41, 5.74) is 0. The van der Waals surface area contributed by atoms with Gasteiger partial charge in [-0.3, -0.25) is 0 Å². The maximum absolute atomic E-state index is 12.7. The Morgan fingerprint density at radius 2 is 2.00 bits per heavy atom. The second-order valence-electron chi connectivity index (χ2n) is 4.84. The SMILES string of the molecule is CCCNc1cc(OCCCN(C)C)nc(C(F)(F)F)n1. The highest BCUT2D eigenvalue weighted by atomic mass is 19.4. The first kappa shape index (κ1) is 17.5. The summed E-state index contributed by atoms with van der Waals surface area (Å²) in [7, 11) is 3.83. The molecule has 0 aliphatic carbocycles. The Hall–Kier alpha value is -1.57. The van der Waals surface area contributed by atoms with Crippen LogP contribution in [0.1, 0.15) is 25.6 Å². The van der Waals surface area contributed by atoms with E-state index in [0.717, 1.165) is 13.0 Å². The zero-order valence-electron chi connectivity index (χ0n) is 12.5. The first-order chi connectivity index (χ1) is 9.82. The van der Waals surface area contributed by atoms with E-state index in [4.69, 9.17) is 4.74 Å². The Kier molecular flexibility index (Phi) is 6.67. The van der Waals surface area contributed by atoms with Gasteiger partial charge >= 0.3 is 6.18 Å². The summed E-state index contributed by atoms with van der Waals surface area (Å²) < 4.78 is 43.5. The van der Waals surface area contributed by atoms with Gasteiger partial charge in [0.05, 0.1) is 6.61 Å². The van der Waals surface area contributed by atoms with E-state index in [-0.39, 0.29) is 11.7 Å². The lowest BCUT2D eigenvalue weighted by Crippen LogP contribution is -2.17. The lowest BCUT2D eigenvalue weighted by molar-refractivity contribution is -0.145. The number of rotatable bonds is 8. The molecule has 1 aromatic heterocycles. The molecule has 0 saturated carbocycles. The monoisotopic (exact) mass is 306 g/mol. The highest BCUT2D eigenvalue weighted by Gasteiger charge is 2.35. The average Bonchev–Trinajstić information content (AvgIpc) is 2.40. The van der Waals surface area contributed by atoms with Crippen LogP contribution in [0.5, 0.6) is 5.88 Å². The first-order valence-electron chi connectivity index (χ1n) is 6.80. The Morgan fingerprint density at radius 1 is 1.29 bits per heavy atom. The average molecular weight is 306 g/mol. The van der Waals surface area contributed by atoms with Crippen molar-refractivity contribution in [1.82, 2.24) is 14.9 Å². The van der Waals surface area contributed by atoms with Crippen LogP contribution in [-0.4, -0.2) is 48.7 Å². The summed E-state index contributed by atoms with van der Waals surface area (Å²) in [6.45, 7) is 3.55. The van der Waals surface area contributed by atoms with E-state index in [1.807, 2.05) is 25.9 Å². The molecule has 5 nitrogen and oxygen atoms in total. The van der Waals surface area contributed by atoms with Crippen LogP contribution in [0, 0.1) is 0 Å². The molecule has 1 N–H and O–H groups in total. The van der Waals surface area contributed by atoms with Crippen molar-refractivity contribution in [3.05, 3.63) is 11.9 Å². The molecule has 0 bridgehead atoms. The molecule has 0 saturated heterocycles. The van der Waals surface area contributed by atoms with Gasteiger partial charge in [-0.2, -0.15) is 18.2 Å². The largest absolute Gasteiger partial charge is 0.477 e. The van der Waals surface area contributed by atoms with Gasteiger partial charge in [0.15, 0.2) is 0 Å². The Morgan fingerprint density at radius 3 is 2.57 bits per heavy atom. The standard InChI is InChI=1S/C13H21F3N4O/c1-4-6-17-10-9-11(21-8-5-7-20(2)3)19-12(18-10)13(14,15)16/h9H,4-8H2,1-3H3,(H,17,18,19). The van der Waals surface area contributed by atoms with Gasteiger partial charge in [0.1, 0.15) is 5.82 Å². The molecule has 0 amide bonds. The molecule has 21 heavy (non-hydrogen) atoms. The van der Waals surface area contributed by atoms with E-state index in [9.17, 15) is 13.2 Å². The molecule has 0 aliphatic heterocycles. The van der Waals surface area contributed by atoms with E-state index in [1.54, 1.807) is 0 Å². The van der Waals surface area contributed by atoms with E-state index >= 15 is 0 Å². The number of alkyl halides is 3. The van der Waals surface area contributed by atoms with Gasteiger partial charge in [0.2, 0.25) is 11.7 Å². The summed E-state index contributed by atoms with van der Waals surface area (Å²) in [4.78, 5) is 8.85. The van der Waals surface area contributed by atoms with Gasteiger partial charge in [-0.05, 0) is 26.9 Å². The van der Waals surface area contributed by atoms with E-state index in [0.29, 0.717) is 19.6 Å². The minimum atomic E-state index is -4.59. The number of ether oxygens (including phenoxy) is 1. The Labute approximate surface area is 122 Å². The van der Waals surface area contributed by atoms with Crippen LogP contribution in [0.3, 0.4) is 0 Å². The smallest absolute Gasteiger partial charge is 0.451 e. The van der Waals surface area contributed by atoms with Crippen molar-refractivity contribution in [2.75, 3.05) is 39.1 Å². The molecule has 0 unspecified atom stereocenters. The molecule has 0 spiro atoms. The second-order valence-corrected chi connectivity index (χ2v) is 4.84. The fourth-order valence-corrected chi connectivity index (χ4v) is 1.53. The minimum Gasteiger partial charge on any atom is -0.477 e. The Balaban J connectivity index is 2.76. The molecular formula is C13H21F3N4O. The number of aromatic nitrogens is 2. The zero-order valence-corrected chi connectivity index (χ0v) is 12.5. The molecule has 1 heterocycles. The second kappa shape index (κ2) is 8.02. The summed E-state index contributed by atoms with van der Waals surface area (Å²) in [6.07, 6.45) is -3.11. The normalized spacial score (nSPS) is 11.8. The van der Waals surface area contributed by atoms with Crippen LogP contribution in [-0.2, 0) is 6.18 Å². The van der Waals surface area contributed by atoms with Crippen molar-refractivity contribution in [1.29, 1.82) is 0 Å². The van der Waals surface area contributed by atoms with Gasteiger partial charge in [-0.25, -0.2) is 4.98 Å². The van der Waals surface area contributed by atoms with Crippen LogP contribution in [0.15, 0.2) is 6.07 Å². The number of halogens is 3. The van der Waals surface area contributed by atoms with Crippen LogP contribution >= 0.6 is 0 Å². The van der Waals surface area contributed by atoms with E-state index < -0.39 is 12.0 Å². The van der Waals surface area contributed by atoms with Crippen LogP contribution in [0.25, 0.3) is 0 Å². The molecule has 1 rings (SSSR count). The quantitative estimate of drug-likeness (QED) is 0.748. The molecule has 120 valence electrons. The third-order valence-electron chi connectivity index (χ3n) is 2.51. The third-order valence-corrected chi connectivity index (χ3v) is 2.51. The molecule has 0 atom stereocenters. The molecule has 0 aliphatic rings. The van der Waals surface area contributed by atoms with Crippen molar-refractivity contribution < 1.29 is 17.9 Å². The van der Waals surface area contributed by atoms with Crippen molar-refractivity contribution in [2.45, 2.75) is 25.9 Å². The van der Waals surface area contributed by atoms with Crippen LogP contribution in [0.4, 0.5) is 19.0 Å². The highest BCUT2D eigenvalue weighted by Crippen LogP contribution is 2.28. The van der Waals surface area contributed by atoms with Crippen molar-refractivity contribution in [3.8, 4) is 5.88 Å². The van der Waals surface area contributed by atoms with Gasteiger partial charge in [-0.1, -0.05) is 6.92 Å². The van der Waals surface area contributed by atoms with E-state index in [1.165, 1.54) is 6.07 Å². The molecule has 0 aromatic carbocycles. The Bertz CT molecular complexity index is 438. The zero-order chi connectivity index (χ0) is 15.9. The number of hydrogen-bond acceptors (Lipinski definition) is 5. The maximum Gasteiger partial charge on any atom is 0.451 e. The minimum absolute atomic E-state index is 0.0605. The summed E-state index contributed by atoms with van der Waals surface area (Å²) in [5, 5.41) is 2.82.